The van der Waals surface area contributed by atoms with Gasteiger partial charge in [-0.2, -0.15) is 0 Å². The molecule has 2 fully saturated rings. The van der Waals surface area contributed by atoms with Gasteiger partial charge in [0.05, 0.1) is 19.5 Å². The van der Waals surface area contributed by atoms with Gasteiger partial charge in [-0.25, -0.2) is 15.0 Å². The highest BCUT2D eigenvalue weighted by Crippen LogP contribution is 2.33. The number of aliphatic hydroxyl groups is 2. The van der Waals surface area contributed by atoms with Gasteiger partial charge in [0.25, 0.3) is 0 Å². The van der Waals surface area contributed by atoms with E-state index < -0.39 is 24.5 Å². The molecule has 0 saturated carbocycles. The lowest BCUT2D eigenvalue weighted by Gasteiger charge is -2.34. The van der Waals surface area contributed by atoms with E-state index in [0.29, 0.717) is 48.0 Å². The maximum Gasteiger partial charge on any atom is 0.168 e. The van der Waals surface area contributed by atoms with Crippen LogP contribution in [-0.2, 0) is 16.0 Å². The number of aliphatic hydroxyl groups excluding tert-OH is 2. The summed E-state index contributed by atoms with van der Waals surface area (Å²) in [6.45, 7) is 7.87. The van der Waals surface area contributed by atoms with Crippen molar-refractivity contribution in [3.8, 4) is 0 Å². The largest absolute Gasteiger partial charge is 0.387 e. The molecule has 45 heavy (non-hydrogen) atoms. The number of hydrogen-bond acceptors (Lipinski definition) is 10. The fraction of sp³-hybridized carbons (Fsp3) is 0.500. The third-order valence-electron chi connectivity index (χ3n) is 9.10. The molecular weight excluding hydrogens is 570 g/mol. The fourth-order valence-electron chi connectivity index (χ4n) is 6.46. The van der Waals surface area contributed by atoms with Crippen LogP contribution < -0.4 is 10.6 Å². The maximum absolute atomic E-state index is 10.9. The topological polar surface area (TPSA) is 130 Å². The van der Waals surface area contributed by atoms with E-state index >= 15 is 0 Å². The summed E-state index contributed by atoms with van der Waals surface area (Å²) in [5.74, 6) is 1.32. The van der Waals surface area contributed by atoms with Crippen molar-refractivity contribution in [3.05, 3.63) is 83.9 Å². The van der Waals surface area contributed by atoms with E-state index in [0.717, 1.165) is 25.9 Å². The predicted octanol–water partition coefficient (Wildman–Crippen LogP) is 3.30. The highest BCUT2D eigenvalue weighted by molar-refractivity contribution is 5.83. The monoisotopic (exact) mass is 615 g/mol. The van der Waals surface area contributed by atoms with Gasteiger partial charge in [-0.15, -0.1) is 0 Å². The zero-order valence-electron chi connectivity index (χ0n) is 26.3. The van der Waals surface area contributed by atoms with Crippen LogP contribution in [0.1, 0.15) is 55.8 Å². The molecule has 240 valence electrons. The van der Waals surface area contributed by atoms with Crippen molar-refractivity contribution in [1.82, 2.24) is 29.7 Å². The van der Waals surface area contributed by atoms with Crippen LogP contribution in [0.15, 0.2) is 67.0 Å². The van der Waals surface area contributed by atoms with E-state index in [2.05, 4.69) is 82.9 Å². The Morgan fingerprint density at radius 1 is 0.956 bits per heavy atom. The third-order valence-corrected chi connectivity index (χ3v) is 9.10. The van der Waals surface area contributed by atoms with Crippen molar-refractivity contribution in [1.29, 1.82) is 0 Å². The highest BCUT2D eigenvalue weighted by Gasteiger charge is 2.44. The van der Waals surface area contributed by atoms with Gasteiger partial charge in [0.15, 0.2) is 23.2 Å². The summed E-state index contributed by atoms with van der Waals surface area (Å²) in [4.78, 5) is 17.1. The molecule has 4 heterocycles. The van der Waals surface area contributed by atoms with Crippen LogP contribution in [0.25, 0.3) is 11.2 Å². The molecular formula is C34H45N7O4. The number of anilines is 1. The Morgan fingerprint density at radius 2 is 1.62 bits per heavy atom. The standard InChI is InChI=1S/C34H45N7O4/c1-22(2)40-16-14-25(15-17-40)35-19-28-38-32(36-18-26(23-10-6-4-7-11-23)24-12-8-5-9-13-24)29-33(39-28)41(21-37-29)34-31(43)30(42)27(45-34)20-44-3/h4-13,21-22,25-27,30-31,34-35,42-43H,14-20H2,1-3H3,(H,36,38,39). The Morgan fingerprint density at radius 3 is 2.24 bits per heavy atom. The smallest absolute Gasteiger partial charge is 0.168 e. The average Bonchev–Trinajstić information content (AvgIpc) is 3.61. The van der Waals surface area contributed by atoms with E-state index in [1.54, 1.807) is 10.9 Å². The first-order valence-electron chi connectivity index (χ1n) is 16.0. The minimum Gasteiger partial charge on any atom is -0.387 e. The van der Waals surface area contributed by atoms with Gasteiger partial charge in [0.1, 0.15) is 24.1 Å². The van der Waals surface area contributed by atoms with E-state index in [-0.39, 0.29) is 12.5 Å². The van der Waals surface area contributed by atoms with Crippen molar-refractivity contribution in [2.75, 3.05) is 38.7 Å². The molecule has 2 aromatic heterocycles. The van der Waals surface area contributed by atoms with Crippen LogP contribution in [-0.4, -0.2) is 98.4 Å². The first-order chi connectivity index (χ1) is 21.9. The number of ether oxygens (including phenoxy) is 2. The molecule has 0 aliphatic carbocycles. The Labute approximate surface area is 264 Å². The summed E-state index contributed by atoms with van der Waals surface area (Å²) >= 11 is 0. The van der Waals surface area contributed by atoms with Crippen molar-refractivity contribution >= 4 is 17.0 Å². The summed E-state index contributed by atoms with van der Waals surface area (Å²) < 4.78 is 13.0. The normalized spacial score (nSPS) is 23.0. The average molecular weight is 616 g/mol. The SMILES string of the molecule is COCC1OC(n2cnc3c(NCC(c4ccccc4)c4ccccc4)nc(CNC4CCN(C(C)C)CC4)nc32)C(O)C1O. The van der Waals surface area contributed by atoms with Crippen molar-refractivity contribution in [3.63, 3.8) is 0 Å². The summed E-state index contributed by atoms with van der Waals surface area (Å²) in [7, 11) is 1.54. The van der Waals surface area contributed by atoms with E-state index in [1.165, 1.54) is 18.2 Å². The molecule has 2 aromatic carbocycles. The van der Waals surface area contributed by atoms with Gasteiger partial charge in [-0.05, 0) is 50.9 Å². The van der Waals surface area contributed by atoms with E-state index in [1.807, 2.05) is 12.1 Å². The first-order valence-corrected chi connectivity index (χ1v) is 16.0. The Balaban J connectivity index is 1.29. The van der Waals surface area contributed by atoms with Crippen LogP contribution in [0.5, 0.6) is 0 Å². The lowest BCUT2D eigenvalue weighted by Crippen LogP contribution is -2.44. The molecule has 11 heteroatoms. The van der Waals surface area contributed by atoms with Gasteiger partial charge in [-0.1, -0.05) is 60.7 Å². The Hall–Kier alpha value is -3.45. The number of imidazole rings is 1. The number of likely N-dealkylation sites (tertiary alicyclic amines) is 1. The number of fused-ring (bicyclic) bond motifs is 1. The molecule has 0 spiro atoms. The molecule has 0 amide bonds. The predicted molar refractivity (Wildman–Crippen MR) is 173 cm³/mol. The van der Waals surface area contributed by atoms with Gasteiger partial charge >= 0.3 is 0 Å². The quantitative estimate of drug-likeness (QED) is 0.188. The number of hydrogen-bond donors (Lipinski definition) is 4. The summed E-state index contributed by atoms with van der Waals surface area (Å²) in [5.41, 5.74) is 3.50. The van der Waals surface area contributed by atoms with E-state index in [9.17, 15) is 10.2 Å². The second-order valence-electron chi connectivity index (χ2n) is 12.4. The van der Waals surface area contributed by atoms with Crippen molar-refractivity contribution < 1.29 is 19.7 Å². The number of nitrogens with one attached hydrogen (secondary N) is 2. The molecule has 2 aliphatic rings. The molecule has 2 aliphatic heterocycles. The highest BCUT2D eigenvalue weighted by atomic mass is 16.6. The summed E-state index contributed by atoms with van der Waals surface area (Å²) in [6.07, 6.45) is -0.0483. The number of piperidine rings is 1. The lowest BCUT2D eigenvalue weighted by atomic mass is 9.91. The van der Waals surface area contributed by atoms with E-state index in [4.69, 9.17) is 19.4 Å². The zero-order valence-corrected chi connectivity index (χ0v) is 26.3. The second kappa shape index (κ2) is 14.3. The van der Waals surface area contributed by atoms with Crippen LogP contribution in [0.4, 0.5) is 5.82 Å². The Bertz CT molecular complexity index is 1470. The number of aromatic nitrogens is 4. The molecule has 4 N–H and O–H groups in total. The van der Waals surface area contributed by atoms with Crippen molar-refractivity contribution in [2.45, 2.75) is 75.8 Å². The Kier molecular flexibility index (Phi) is 10.0. The minimum absolute atomic E-state index is 0.0807. The summed E-state index contributed by atoms with van der Waals surface area (Å²) in [5, 5.41) is 28.8. The third kappa shape index (κ3) is 7.04. The maximum atomic E-state index is 10.9. The molecule has 6 rings (SSSR count). The first kappa shape index (κ1) is 31.5. The molecule has 0 radical (unpaired) electrons. The molecule has 11 nitrogen and oxygen atoms in total. The number of rotatable bonds is 12. The summed E-state index contributed by atoms with van der Waals surface area (Å²) in [6, 6.07) is 21.8. The number of benzene rings is 2. The number of nitrogens with zero attached hydrogens (tertiary/aromatic N) is 5. The molecule has 4 aromatic rings. The minimum atomic E-state index is -1.16. The van der Waals surface area contributed by atoms with Crippen LogP contribution in [0.3, 0.4) is 0 Å². The van der Waals surface area contributed by atoms with Gasteiger partial charge in [-0.3, -0.25) is 4.57 Å². The van der Waals surface area contributed by atoms with Gasteiger partial charge in [0.2, 0.25) is 0 Å². The molecule has 0 bridgehead atoms. The molecule has 2 saturated heterocycles. The van der Waals surface area contributed by atoms with Gasteiger partial charge < -0.3 is 35.2 Å². The van der Waals surface area contributed by atoms with Gasteiger partial charge in [0, 0.05) is 31.7 Å². The zero-order chi connectivity index (χ0) is 31.3. The molecule has 4 atom stereocenters. The lowest BCUT2D eigenvalue weighted by molar-refractivity contribution is -0.0580. The van der Waals surface area contributed by atoms with Crippen molar-refractivity contribution in [2.24, 2.45) is 0 Å². The fourth-order valence-corrected chi connectivity index (χ4v) is 6.46. The molecule has 4 unspecified atom stereocenters. The van der Waals surface area contributed by atoms with Crippen LogP contribution >= 0.6 is 0 Å². The second-order valence-corrected chi connectivity index (χ2v) is 12.4. The van der Waals surface area contributed by atoms with Crippen LogP contribution in [0, 0.1) is 0 Å². The number of methoxy groups -OCH3 is 1. The van der Waals surface area contributed by atoms with Crippen LogP contribution in [0.2, 0.25) is 0 Å².